The molecule has 0 bridgehead atoms. The summed E-state index contributed by atoms with van der Waals surface area (Å²) in [5.41, 5.74) is 2.64. The van der Waals surface area contributed by atoms with E-state index < -0.39 is 0 Å². The highest BCUT2D eigenvalue weighted by molar-refractivity contribution is 7.13. The molecule has 2 aromatic heterocycles. The summed E-state index contributed by atoms with van der Waals surface area (Å²) in [6.07, 6.45) is 1.56. The van der Waals surface area contributed by atoms with Gasteiger partial charge in [0.2, 0.25) is 5.91 Å². The molecule has 0 saturated carbocycles. The lowest BCUT2D eigenvalue weighted by Gasteiger charge is -2.31. The van der Waals surface area contributed by atoms with Gasteiger partial charge in [0.1, 0.15) is 5.69 Å². The van der Waals surface area contributed by atoms with Crippen molar-refractivity contribution in [3.63, 3.8) is 0 Å². The number of carbonyl (C=O) groups excluding carboxylic acids is 1. The smallest absolute Gasteiger partial charge is 0.227 e. The molecule has 3 heterocycles. The van der Waals surface area contributed by atoms with Crippen LogP contribution in [-0.4, -0.2) is 29.2 Å². The average molecular weight is 413 g/mol. The van der Waals surface area contributed by atoms with E-state index in [1.807, 2.05) is 54.8 Å². The van der Waals surface area contributed by atoms with Gasteiger partial charge in [0.15, 0.2) is 5.82 Å². The zero-order chi connectivity index (χ0) is 19.5. The van der Waals surface area contributed by atoms with Gasteiger partial charge in [0, 0.05) is 19.0 Å². The van der Waals surface area contributed by atoms with Crippen molar-refractivity contribution in [1.82, 2.24) is 10.2 Å². The molecule has 3 aromatic rings. The minimum Gasteiger partial charge on any atom is -0.355 e. The third-order valence-corrected chi connectivity index (χ3v) is 6.20. The van der Waals surface area contributed by atoms with Gasteiger partial charge in [-0.05, 0) is 61.0 Å². The van der Waals surface area contributed by atoms with E-state index in [2.05, 4.69) is 20.4 Å². The Balaban J connectivity index is 1.34. The summed E-state index contributed by atoms with van der Waals surface area (Å²) in [6, 6.07) is 13.7. The van der Waals surface area contributed by atoms with Crippen LogP contribution >= 0.6 is 22.9 Å². The summed E-state index contributed by atoms with van der Waals surface area (Å²) in [5, 5.41) is 14.3. The van der Waals surface area contributed by atoms with Gasteiger partial charge in [-0.15, -0.1) is 21.5 Å². The summed E-state index contributed by atoms with van der Waals surface area (Å²) in [4.78, 5) is 15.9. The van der Waals surface area contributed by atoms with E-state index in [-0.39, 0.29) is 11.8 Å². The Morgan fingerprint density at radius 1 is 1.18 bits per heavy atom. The number of rotatable bonds is 4. The van der Waals surface area contributed by atoms with Crippen molar-refractivity contribution in [2.75, 3.05) is 23.3 Å². The van der Waals surface area contributed by atoms with Gasteiger partial charge in [0.05, 0.1) is 15.6 Å². The van der Waals surface area contributed by atoms with Crippen LogP contribution in [0, 0.1) is 12.8 Å². The molecule has 1 aromatic carbocycles. The Labute approximate surface area is 173 Å². The molecule has 1 aliphatic heterocycles. The molecule has 7 heteroatoms. The molecule has 0 atom stereocenters. The van der Waals surface area contributed by atoms with E-state index >= 15 is 0 Å². The van der Waals surface area contributed by atoms with Crippen LogP contribution in [0.15, 0.2) is 47.8 Å². The number of anilines is 2. The van der Waals surface area contributed by atoms with E-state index in [1.54, 1.807) is 11.3 Å². The molecular weight excluding hydrogens is 392 g/mol. The number of halogens is 1. The van der Waals surface area contributed by atoms with Crippen molar-refractivity contribution in [2.45, 2.75) is 19.8 Å². The molecule has 1 saturated heterocycles. The van der Waals surface area contributed by atoms with E-state index in [0.717, 1.165) is 47.9 Å². The predicted octanol–water partition coefficient (Wildman–Crippen LogP) is 5.02. The van der Waals surface area contributed by atoms with E-state index in [0.29, 0.717) is 10.7 Å². The average Bonchev–Trinajstić information content (AvgIpc) is 3.25. The van der Waals surface area contributed by atoms with Crippen LogP contribution in [-0.2, 0) is 4.79 Å². The highest BCUT2D eigenvalue weighted by Gasteiger charge is 2.26. The number of piperidine rings is 1. The highest BCUT2D eigenvalue weighted by atomic mass is 35.5. The molecular formula is C21H21ClN4OS. The number of thiophene rings is 1. The molecule has 5 nitrogen and oxygen atoms in total. The number of aryl methyl sites for hydroxylation is 1. The minimum absolute atomic E-state index is 0.0213. The van der Waals surface area contributed by atoms with Crippen LogP contribution in [0.2, 0.25) is 5.02 Å². The number of nitrogens with zero attached hydrogens (tertiary/aromatic N) is 3. The summed E-state index contributed by atoms with van der Waals surface area (Å²) < 4.78 is 0. The van der Waals surface area contributed by atoms with Crippen LogP contribution in [0.5, 0.6) is 0 Å². The second kappa shape index (κ2) is 8.29. The fourth-order valence-corrected chi connectivity index (χ4v) is 4.35. The number of aromatic nitrogens is 2. The summed E-state index contributed by atoms with van der Waals surface area (Å²) >= 11 is 7.88. The fourth-order valence-electron chi connectivity index (χ4n) is 3.38. The molecule has 1 aliphatic rings. The molecule has 1 amide bonds. The zero-order valence-electron chi connectivity index (χ0n) is 15.6. The minimum atomic E-state index is -0.0213. The maximum absolute atomic E-state index is 12.6. The first kappa shape index (κ1) is 18.9. The van der Waals surface area contributed by atoms with Gasteiger partial charge in [-0.3, -0.25) is 4.79 Å². The van der Waals surface area contributed by atoms with E-state index in [9.17, 15) is 4.79 Å². The maximum Gasteiger partial charge on any atom is 0.227 e. The quantitative estimate of drug-likeness (QED) is 0.653. The Morgan fingerprint density at radius 2 is 2.00 bits per heavy atom. The van der Waals surface area contributed by atoms with Gasteiger partial charge < -0.3 is 10.2 Å². The molecule has 0 aliphatic carbocycles. The zero-order valence-corrected chi connectivity index (χ0v) is 17.1. The lowest BCUT2D eigenvalue weighted by Crippen LogP contribution is -2.38. The monoisotopic (exact) mass is 412 g/mol. The summed E-state index contributed by atoms with van der Waals surface area (Å²) in [5.74, 6) is 0.872. The van der Waals surface area contributed by atoms with Crippen LogP contribution in [0.25, 0.3) is 10.6 Å². The Kier molecular flexibility index (Phi) is 5.59. The topological polar surface area (TPSA) is 58.1 Å². The Bertz CT molecular complexity index is 951. The predicted molar refractivity (Wildman–Crippen MR) is 115 cm³/mol. The Morgan fingerprint density at radius 3 is 2.64 bits per heavy atom. The van der Waals surface area contributed by atoms with Gasteiger partial charge in [-0.2, -0.15) is 0 Å². The van der Waals surface area contributed by atoms with Gasteiger partial charge >= 0.3 is 0 Å². The Hall–Kier alpha value is -2.44. The first-order valence-corrected chi connectivity index (χ1v) is 10.6. The molecule has 0 radical (unpaired) electrons. The standard InChI is InChI=1S/C21H21ClN4OS/c1-14-4-5-17(16(22)13-14)23-21(27)15-8-10-26(11-9-15)20-7-6-18(24-25-20)19-3-2-12-28-19/h2-7,12-13,15H,8-11H2,1H3,(H,23,27). The van der Waals surface area contributed by atoms with Crippen molar-refractivity contribution in [3.05, 3.63) is 58.4 Å². The second-order valence-corrected chi connectivity index (χ2v) is 8.34. The van der Waals surface area contributed by atoms with Crippen LogP contribution in [0.1, 0.15) is 18.4 Å². The van der Waals surface area contributed by atoms with Crippen LogP contribution in [0.4, 0.5) is 11.5 Å². The largest absolute Gasteiger partial charge is 0.355 e. The molecule has 0 spiro atoms. The molecule has 1 N–H and O–H groups in total. The number of carbonyl (C=O) groups is 1. The third kappa shape index (κ3) is 4.18. The SMILES string of the molecule is Cc1ccc(NC(=O)C2CCN(c3ccc(-c4cccs4)nn3)CC2)c(Cl)c1. The van der Waals surface area contributed by atoms with Crippen molar-refractivity contribution >= 4 is 40.4 Å². The lowest BCUT2D eigenvalue weighted by molar-refractivity contribution is -0.120. The fraction of sp³-hybridized carbons (Fsp3) is 0.286. The number of nitrogens with one attached hydrogen (secondary N) is 1. The van der Waals surface area contributed by atoms with Crippen LogP contribution < -0.4 is 10.2 Å². The molecule has 1 fully saturated rings. The van der Waals surface area contributed by atoms with Gasteiger partial charge in [-0.25, -0.2) is 0 Å². The summed E-state index contributed by atoms with van der Waals surface area (Å²) in [6.45, 7) is 3.54. The van der Waals surface area contributed by atoms with Crippen molar-refractivity contribution < 1.29 is 4.79 Å². The molecule has 4 rings (SSSR count). The number of hydrogen-bond acceptors (Lipinski definition) is 5. The second-order valence-electron chi connectivity index (χ2n) is 6.99. The lowest BCUT2D eigenvalue weighted by atomic mass is 9.95. The van der Waals surface area contributed by atoms with Gasteiger partial charge in [0.25, 0.3) is 0 Å². The first-order chi connectivity index (χ1) is 13.6. The van der Waals surface area contributed by atoms with Crippen LogP contribution in [0.3, 0.4) is 0 Å². The number of amides is 1. The molecule has 144 valence electrons. The first-order valence-electron chi connectivity index (χ1n) is 9.30. The summed E-state index contributed by atoms with van der Waals surface area (Å²) in [7, 11) is 0. The number of benzene rings is 1. The third-order valence-electron chi connectivity index (χ3n) is 5.00. The van der Waals surface area contributed by atoms with Crippen molar-refractivity contribution in [1.29, 1.82) is 0 Å². The van der Waals surface area contributed by atoms with Gasteiger partial charge in [-0.1, -0.05) is 23.7 Å². The maximum atomic E-state index is 12.6. The highest BCUT2D eigenvalue weighted by Crippen LogP contribution is 2.27. The molecule has 28 heavy (non-hydrogen) atoms. The molecule has 0 unspecified atom stereocenters. The van der Waals surface area contributed by atoms with E-state index in [4.69, 9.17) is 11.6 Å². The normalized spacial score (nSPS) is 14.9. The van der Waals surface area contributed by atoms with Crippen molar-refractivity contribution in [2.24, 2.45) is 5.92 Å². The van der Waals surface area contributed by atoms with E-state index in [1.165, 1.54) is 0 Å². The van der Waals surface area contributed by atoms with Crippen molar-refractivity contribution in [3.8, 4) is 10.6 Å². The number of hydrogen-bond donors (Lipinski definition) is 1.